The Bertz CT molecular complexity index is 813. The number of anilines is 1. The van der Waals surface area contributed by atoms with Gasteiger partial charge in [-0.1, -0.05) is 40.9 Å². The molecule has 132 valence electrons. The normalized spacial score (nSPS) is 10.6. The first-order chi connectivity index (χ1) is 12.0. The Morgan fingerprint density at radius 1 is 1.12 bits per heavy atom. The molecule has 0 fully saturated rings. The van der Waals surface area contributed by atoms with Crippen molar-refractivity contribution in [2.45, 2.75) is 0 Å². The van der Waals surface area contributed by atoms with Crippen LogP contribution in [0, 0.1) is 0 Å². The van der Waals surface area contributed by atoms with Crippen molar-refractivity contribution >= 4 is 52.7 Å². The Morgan fingerprint density at radius 3 is 2.48 bits per heavy atom. The van der Waals surface area contributed by atoms with Gasteiger partial charge in [-0.3, -0.25) is 0 Å². The minimum Gasteiger partial charge on any atom is -0.494 e. The predicted molar refractivity (Wildman–Crippen MR) is 101 cm³/mol. The molecule has 9 heteroatoms. The highest BCUT2D eigenvalue weighted by Crippen LogP contribution is 2.41. The summed E-state index contributed by atoms with van der Waals surface area (Å²) in [6, 6.07) is 7.74. The van der Waals surface area contributed by atoms with Crippen LogP contribution in [0.3, 0.4) is 0 Å². The molecule has 2 rings (SSSR count). The number of urea groups is 1. The molecule has 2 aromatic rings. The SMILES string of the molecule is COc1c(Cl)cc(/C=N\NC(=O)Nc2cccc(Cl)c2)c(OC)c1Cl. The number of halogens is 3. The van der Waals surface area contributed by atoms with Crippen LogP contribution in [0.1, 0.15) is 5.56 Å². The average Bonchev–Trinajstić information content (AvgIpc) is 2.55. The quantitative estimate of drug-likeness (QED) is 0.556. The molecule has 6 nitrogen and oxygen atoms in total. The van der Waals surface area contributed by atoms with Crippen LogP contribution in [-0.2, 0) is 0 Å². The lowest BCUT2D eigenvalue weighted by Crippen LogP contribution is -2.24. The van der Waals surface area contributed by atoms with Crippen LogP contribution in [-0.4, -0.2) is 26.5 Å². The van der Waals surface area contributed by atoms with Gasteiger partial charge in [-0.15, -0.1) is 0 Å². The molecule has 2 aromatic carbocycles. The third kappa shape index (κ3) is 4.92. The van der Waals surface area contributed by atoms with E-state index in [1.54, 1.807) is 30.3 Å². The fourth-order valence-electron chi connectivity index (χ4n) is 1.98. The second-order valence-corrected chi connectivity index (χ2v) is 5.88. The van der Waals surface area contributed by atoms with Gasteiger partial charge in [0.1, 0.15) is 10.8 Å². The van der Waals surface area contributed by atoms with Crippen molar-refractivity contribution in [2.24, 2.45) is 5.10 Å². The topological polar surface area (TPSA) is 72.0 Å². The van der Waals surface area contributed by atoms with Crippen molar-refractivity contribution in [3.8, 4) is 11.5 Å². The van der Waals surface area contributed by atoms with Gasteiger partial charge in [0.2, 0.25) is 0 Å². The van der Waals surface area contributed by atoms with Gasteiger partial charge in [-0.25, -0.2) is 10.2 Å². The number of benzene rings is 2. The van der Waals surface area contributed by atoms with E-state index in [9.17, 15) is 4.79 Å². The number of nitrogens with zero attached hydrogens (tertiary/aromatic N) is 1. The third-order valence-electron chi connectivity index (χ3n) is 3.02. The lowest BCUT2D eigenvalue weighted by molar-refractivity contribution is 0.252. The van der Waals surface area contributed by atoms with E-state index in [0.29, 0.717) is 27.8 Å². The Hall–Kier alpha value is -2.15. The highest BCUT2D eigenvalue weighted by Gasteiger charge is 2.16. The van der Waals surface area contributed by atoms with E-state index in [-0.39, 0.29) is 10.0 Å². The van der Waals surface area contributed by atoms with Crippen LogP contribution < -0.4 is 20.2 Å². The van der Waals surface area contributed by atoms with E-state index in [4.69, 9.17) is 44.3 Å². The maximum Gasteiger partial charge on any atom is 0.339 e. The molecule has 0 unspecified atom stereocenters. The first kappa shape index (κ1) is 19.2. The highest BCUT2D eigenvalue weighted by atomic mass is 35.5. The van der Waals surface area contributed by atoms with Crippen LogP contribution in [0.15, 0.2) is 35.4 Å². The van der Waals surface area contributed by atoms with Gasteiger partial charge in [0.15, 0.2) is 5.75 Å². The summed E-state index contributed by atoms with van der Waals surface area (Å²) in [6.45, 7) is 0. The van der Waals surface area contributed by atoms with E-state index < -0.39 is 6.03 Å². The number of hydrazone groups is 1. The summed E-state index contributed by atoms with van der Waals surface area (Å²) in [4.78, 5) is 11.8. The molecule has 25 heavy (non-hydrogen) atoms. The molecule has 0 spiro atoms. The monoisotopic (exact) mass is 401 g/mol. The molecular weight excluding hydrogens is 389 g/mol. The van der Waals surface area contributed by atoms with Gasteiger partial charge in [0, 0.05) is 16.3 Å². The van der Waals surface area contributed by atoms with Crippen LogP contribution in [0.2, 0.25) is 15.1 Å². The van der Waals surface area contributed by atoms with Gasteiger partial charge in [0.25, 0.3) is 0 Å². The van der Waals surface area contributed by atoms with Gasteiger partial charge < -0.3 is 14.8 Å². The fourth-order valence-corrected chi connectivity index (χ4v) is 2.87. The van der Waals surface area contributed by atoms with Crippen LogP contribution >= 0.6 is 34.8 Å². The molecule has 0 radical (unpaired) electrons. The Balaban J connectivity index is 2.10. The zero-order chi connectivity index (χ0) is 18.4. The average molecular weight is 403 g/mol. The summed E-state index contributed by atoms with van der Waals surface area (Å²) >= 11 is 18.1. The molecule has 0 heterocycles. The number of carbonyl (C=O) groups excluding carboxylic acids is 1. The smallest absolute Gasteiger partial charge is 0.339 e. The maximum atomic E-state index is 11.8. The summed E-state index contributed by atoms with van der Waals surface area (Å²) in [5, 5.41) is 7.44. The Labute approximate surface area is 159 Å². The standard InChI is InChI=1S/C16H14Cl3N3O3/c1-24-14-9(6-12(18)15(25-2)13(14)19)8-20-22-16(23)21-11-5-3-4-10(17)7-11/h3-8H,1-2H3,(H2,21,22,23)/b20-8-. The summed E-state index contributed by atoms with van der Waals surface area (Å²) in [5.74, 6) is 0.618. The summed E-state index contributed by atoms with van der Waals surface area (Å²) in [7, 11) is 2.90. The van der Waals surface area contributed by atoms with Crippen molar-refractivity contribution < 1.29 is 14.3 Å². The molecule has 0 aliphatic rings. The number of hydrogen-bond donors (Lipinski definition) is 2. The fraction of sp³-hybridized carbons (Fsp3) is 0.125. The number of amides is 2. The van der Waals surface area contributed by atoms with Crippen molar-refractivity contribution in [3.05, 3.63) is 51.0 Å². The van der Waals surface area contributed by atoms with Gasteiger partial charge in [-0.05, 0) is 24.3 Å². The summed E-state index contributed by atoms with van der Waals surface area (Å²) < 4.78 is 10.3. The number of nitrogens with one attached hydrogen (secondary N) is 2. The maximum absolute atomic E-state index is 11.8. The molecule has 0 aliphatic heterocycles. The molecule has 0 aromatic heterocycles. The van der Waals surface area contributed by atoms with Crippen molar-refractivity contribution in [3.63, 3.8) is 0 Å². The van der Waals surface area contributed by atoms with Gasteiger partial charge in [-0.2, -0.15) is 5.10 Å². The first-order valence-electron chi connectivity index (χ1n) is 6.92. The molecule has 0 saturated heterocycles. The molecule has 0 bridgehead atoms. The molecule has 0 saturated carbocycles. The molecule has 0 aliphatic carbocycles. The molecular formula is C16H14Cl3N3O3. The highest BCUT2D eigenvalue weighted by molar-refractivity contribution is 6.38. The summed E-state index contributed by atoms with van der Waals surface area (Å²) in [6.07, 6.45) is 1.35. The minimum absolute atomic E-state index is 0.210. The minimum atomic E-state index is -0.539. The lowest BCUT2D eigenvalue weighted by atomic mass is 10.2. The zero-order valence-corrected chi connectivity index (χ0v) is 15.5. The van der Waals surface area contributed by atoms with Crippen molar-refractivity contribution in [1.82, 2.24) is 5.43 Å². The van der Waals surface area contributed by atoms with E-state index in [0.717, 1.165) is 0 Å². The molecule has 2 N–H and O–H groups in total. The van der Waals surface area contributed by atoms with E-state index in [1.165, 1.54) is 20.4 Å². The van der Waals surface area contributed by atoms with Gasteiger partial charge >= 0.3 is 6.03 Å². The second-order valence-electron chi connectivity index (χ2n) is 4.66. The Morgan fingerprint density at radius 2 is 1.84 bits per heavy atom. The number of carbonyl (C=O) groups is 1. The van der Waals surface area contributed by atoms with E-state index in [2.05, 4.69) is 15.8 Å². The Kier molecular flexibility index (Phi) is 6.75. The van der Waals surface area contributed by atoms with E-state index in [1.807, 2.05) is 0 Å². The van der Waals surface area contributed by atoms with Crippen molar-refractivity contribution in [2.75, 3.05) is 19.5 Å². The van der Waals surface area contributed by atoms with Crippen LogP contribution in [0.5, 0.6) is 11.5 Å². The number of ether oxygens (including phenoxy) is 2. The van der Waals surface area contributed by atoms with E-state index >= 15 is 0 Å². The molecule has 2 amide bonds. The lowest BCUT2D eigenvalue weighted by Gasteiger charge is -2.12. The number of rotatable bonds is 5. The zero-order valence-electron chi connectivity index (χ0n) is 13.3. The van der Waals surface area contributed by atoms with Gasteiger partial charge in [0.05, 0.1) is 25.5 Å². The molecule has 0 atom stereocenters. The third-order valence-corrected chi connectivity index (χ3v) is 3.88. The van der Waals surface area contributed by atoms with Crippen LogP contribution in [0.4, 0.5) is 10.5 Å². The number of methoxy groups -OCH3 is 2. The first-order valence-corrected chi connectivity index (χ1v) is 8.05. The number of hydrogen-bond acceptors (Lipinski definition) is 4. The van der Waals surface area contributed by atoms with Crippen LogP contribution in [0.25, 0.3) is 0 Å². The second kappa shape index (κ2) is 8.80. The largest absolute Gasteiger partial charge is 0.494 e. The predicted octanol–water partition coefficient (Wildman–Crippen LogP) is 4.82. The summed E-state index contributed by atoms with van der Waals surface area (Å²) in [5.41, 5.74) is 3.33. The van der Waals surface area contributed by atoms with Crippen molar-refractivity contribution in [1.29, 1.82) is 0 Å².